The third-order valence-corrected chi connectivity index (χ3v) is 6.17. The van der Waals surface area contributed by atoms with Crippen LogP contribution in [0.25, 0.3) is 0 Å². The van der Waals surface area contributed by atoms with E-state index < -0.39 is 5.41 Å². The van der Waals surface area contributed by atoms with Crippen LogP contribution in [-0.4, -0.2) is 47.8 Å². The minimum Gasteiger partial charge on any atom is -0.392 e. The topological polar surface area (TPSA) is 73.6 Å². The summed E-state index contributed by atoms with van der Waals surface area (Å²) in [6.45, 7) is 3.93. The Morgan fingerprint density at radius 1 is 1.32 bits per heavy atom. The second kappa shape index (κ2) is 5.82. The first-order chi connectivity index (χ1) is 10.6. The van der Waals surface area contributed by atoms with Gasteiger partial charge in [0.2, 0.25) is 5.91 Å². The molecule has 2 atom stereocenters. The highest BCUT2D eigenvalue weighted by Crippen LogP contribution is 2.51. The Morgan fingerprint density at radius 3 is 2.45 bits per heavy atom. The molecule has 3 fully saturated rings. The SMILES string of the molecule is CCO[C@@H]1C[C@@H](O)C12CCN(C(=O)C1(C#N)CCCC1)CC2. The average Bonchev–Trinajstić information content (AvgIpc) is 3.04. The van der Waals surface area contributed by atoms with Crippen molar-refractivity contribution in [2.24, 2.45) is 10.8 Å². The van der Waals surface area contributed by atoms with E-state index in [2.05, 4.69) is 6.07 Å². The Balaban J connectivity index is 1.64. The Bertz CT molecular complexity index is 469. The van der Waals surface area contributed by atoms with E-state index in [1.165, 1.54) is 0 Å². The van der Waals surface area contributed by atoms with Gasteiger partial charge in [-0.1, -0.05) is 12.8 Å². The van der Waals surface area contributed by atoms with Gasteiger partial charge in [0.05, 0.1) is 18.3 Å². The van der Waals surface area contributed by atoms with Gasteiger partial charge < -0.3 is 14.7 Å². The van der Waals surface area contributed by atoms with Gasteiger partial charge in [0.1, 0.15) is 5.41 Å². The van der Waals surface area contributed by atoms with Gasteiger partial charge in [-0.15, -0.1) is 0 Å². The summed E-state index contributed by atoms with van der Waals surface area (Å²) >= 11 is 0. The number of nitriles is 1. The maximum Gasteiger partial charge on any atom is 0.243 e. The normalized spacial score (nSPS) is 32.5. The van der Waals surface area contributed by atoms with Crippen molar-refractivity contribution in [1.82, 2.24) is 4.90 Å². The third kappa shape index (κ3) is 2.24. The van der Waals surface area contributed by atoms with E-state index in [9.17, 15) is 15.2 Å². The molecule has 1 amide bonds. The van der Waals surface area contributed by atoms with Crippen molar-refractivity contribution >= 4 is 5.91 Å². The molecule has 5 nitrogen and oxygen atoms in total. The zero-order valence-corrected chi connectivity index (χ0v) is 13.4. The number of carbonyl (C=O) groups is 1. The number of piperidine rings is 1. The molecule has 1 N–H and O–H groups in total. The fourth-order valence-electron chi connectivity index (χ4n) is 4.60. The zero-order valence-electron chi connectivity index (χ0n) is 13.4. The zero-order chi connectivity index (χ0) is 15.8. The predicted octanol–water partition coefficient (Wildman–Crippen LogP) is 1.85. The number of ether oxygens (including phenoxy) is 1. The van der Waals surface area contributed by atoms with Crippen molar-refractivity contribution in [2.75, 3.05) is 19.7 Å². The Hall–Kier alpha value is -1.12. The largest absolute Gasteiger partial charge is 0.392 e. The fourth-order valence-corrected chi connectivity index (χ4v) is 4.60. The molecule has 1 aliphatic heterocycles. The molecule has 0 aromatic rings. The third-order valence-electron chi connectivity index (χ3n) is 6.17. The molecule has 2 aliphatic carbocycles. The van der Waals surface area contributed by atoms with Crippen molar-refractivity contribution in [3.05, 3.63) is 0 Å². The minimum absolute atomic E-state index is 0.0177. The highest BCUT2D eigenvalue weighted by molar-refractivity contribution is 5.86. The lowest BCUT2D eigenvalue weighted by atomic mass is 9.58. The molecule has 5 heteroatoms. The summed E-state index contributed by atoms with van der Waals surface area (Å²) in [6, 6.07) is 2.30. The summed E-state index contributed by atoms with van der Waals surface area (Å²) in [7, 11) is 0. The first-order valence-corrected chi connectivity index (χ1v) is 8.58. The van der Waals surface area contributed by atoms with Gasteiger partial charge in [-0.05, 0) is 32.6 Å². The van der Waals surface area contributed by atoms with Crippen LogP contribution in [0.1, 0.15) is 51.9 Å². The lowest BCUT2D eigenvalue weighted by Gasteiger charge is -2.56. The molecule has 122 valence electrons. The number of hydrogen-bond donors (Lipinski definition) is 1. The van der Waals surface area contributed by atoms with Gasteiger partial charge in [0.15, 0.2) is 0 Å². The number of nitrogens with zero attached hydrogens (tertiary/aromatic N) is 2. The quantitative estimate of drug-likeness (QED) is 0.863. The maximum absolute atomic E-state index is 12.8. The van der Waals surface area contributed by atoms with Gasteiger partial charge in [0, 0.05) is 31.5 Å². The predicted molar refractivity (Wildman–Crippen MR) is 80.8 cm³/mol. The van der Waals surface area contributed by atoms with E-state index in [1.807, 2.05) is 11.8 Å². The number of hydrogen-bond acceptors (Lipinski definition) is 4. The van der Waals surface area contributed by atoms with Gasteiger partial charge in [-0.3, -0.25) is 4.79 Å². The van der Waals surface area contributed by atoms with Crippen LogP contribution in [0.3, 0.4) is 0 Å². The highest BCUT2D eigenvalue weighted by Gasteiger charge is 2.57. The van der Waals surface area contributed by atoms with Crippen molar-refractivity contribution in [2.45, 2.75) is 64.1 Å². The molecule has 0 aromatic carbocycles. The summed E-state index contributed by atoms with van der Waals surface area (Å²) in [6.07, 6.45) is 5.45. The molecule has 3 rings (SSSR count). The van der Waals surface area contributed by atoms with E-state index in [4.69, 9.17) is 4.74 Å². The number of likely N-dealkylation sites (tertiary alicyclic amines) is 1. The van der Waals surface area contributed by atoms with E-state index >= 15 is 0 Å². The van der Waals surface area contributed by atoms with Gasteiger partial charge in [-0.25, -0.2) is 0 Å². The Kier molecular flexibility index (Phi) is 4.17. The standard InChI is InChI=1S/C17H26N2O3/c1-2-22-14-11-13(20)17(14)7-9-19(10-8-17)15(21)16(12-18)5-3-4-6-16/h13-14,20H,2-11H2,1H3/t13-,14-/m1/s1. The van der Waals surface area contributed by atoms with Crippen LogP contribution in [0.15, 0.2) is 0 Å². The van der Waals surface area contributed by atoms with Gasteiger partial charge in [-0.2, -0.15) is 5.26 Å². The molecule has 0 bridgehead atoms. The molecule has 1 saturated heterocycles. The lowest BCUT2D eigenvalue weighted by Crippen LogP contribution is -2.63. The van der Waals surface area contributed by atoms with Crippen molar-refractivity contribution in [1.29, 1.82) is 5.26 Å². The molecule has 22 heavy (non-hydrogen) atoms. The smallest absolute Gasteiger partial charge is 0.243 e. The number of aliphatic hydroxyl groups excluding tert-OH is 1. The monoisotopic (exact) mass is 306 g/mol. The molecule has 2 saturated carbocycles. The minimum atomic E-state index is -0.776. The van der Waals surface area contributed by atoms with Crippen LogP contribution in [-0.2, 0) is 9.53 Å². The molecule has 1 heterocycles. The van der Waals surface area contributed by atoms with Crippen molar-refractivity contribution in [3.8, 4) is 6.07 Å². The van der Waals surface area contributed by atoms with Crippen LogP contribution >= 0.6 is 0 Å². The summed E-state index contributed by atoms with van der Waals surface area (Å²) in [4.78, 5) is 14.6. The Morgan fingerprint density at radius 2 is 1.95 bits per heavy atom. The number of rotatable bonds is 3. The number of carbonyl (C=O) groups excluding carboxylic acids is 1. The van der Waals surface area contributed by atoms with Crippen LogP contribution in [0, 0.1) is 22.2 Å². The van der Waals surface area contributed by atoms with Crippen LogP contribution in [0.5, 0.6) is 0 Å². The first kappa shape index (κ1) is 15.8. The van der Waals surface area contributed by atoms with Crippen LogP contribution in [0.4, 0.5) is 0 Å². The van der Waals surface area contributed by atoms with E-state index in [-0.39, 0.29) is 23.5 Å². The average molecular weight is 306 g/mol. The highest BCUT2D eigenvalue weighted by atomic mass is 16.5. The van der Waals surface area contributed by atoms with E-state index in [0.717, 1.165) is 25.7 Å². The van der Waals surface area contributed by atoms with Gasteiger partial charge in [0.25, 0.3) is 0 Å². The molecular weight excluding hydrogens is 280 g/mol. The van der Waals surface area contributed by atoms with Crippen LogP contribution in [0.2, 0.25) is 0 Å². The lowest BCUT2D eigenvalue weighted by molar-refractivity contribution is -0.210. The first-order valence-electron chi connectivity index (χ1n) is 8.58. The second-order valence-electron chi connectivity index (χ2n) is 7.12. The molecule has 0 radical (unpaired) electrons. The van der Waals surface area contributed by atoms with Crippen molar-refractivity contribution < 1.29 is 14.6 Å². The summed E-state index contributed by atoms with van der Waals surface area (Å²) < 4.78 is 5.76. The number of amides is 1. The van der Waals surface area contributed by atoms with Crippen LogP contribution < -0.4 is 0 Å². The maximum atomic E-state index is 12.8. The van der Waals surface area contributed by atoms with Crippen molar-refractivity contribution in [3.63, 3.8) is 0 Å². The molecule has 0 aromatic heterocycles. The molecular formula is C17H26N2O3. The molecule has 0 unspecified atom stereocenters. The summed E-state index contributed by atoms with van der Waals surface area (Å²) in [5.74, 6) is 0.0177. The van der Waals surface area contributed by atoms with E-state index in [0.29, 0.717) is 39.0 Å². The molecule has 1 spiro atoms. The number of aliphatic hydroxyl groups is 1. The summed E-state index contributed by atoms with van der Waals surface area (Å²) in [5.41, 5.74) is -0.940. The summed E-state index contributed by atoms with van der Waals surface area (Å²) in [5, 5.41) is 19.7. The van der Waals surface area contributed by atoms with E-state index in [1.54, 1.807) is 0 Å². The molecule has 3 aliphatic rings. The fraction of sp³-hybridized carbons (Fsp3) is 0.882. The Labute approximate surface area is 132 Å². The van der Waals surface area contributed by atoms with Gasteiger partial charge >= 0.3 is 0 Å². The second-order valence-corrected chi connectivity index (χ2v) is 7.12.